The van der Waals surface area contributed by atoms with Crippen LogP contribution in [0.4, 0.5) is 0 Å². The minimum atomic E-state index is -0.0784. The summed E-state index contributed by atoms with van der Waals surface area (Å²) >= 11 is 0. The predicted octanol–water partition coefficient (Wildman–Crippen LogP) is 4.89. The molecule has 2 heteroatoms. The van der Waals surface area contributed by atoms with Crippen LogP contribution in [0.15, 0.2) is 42.5 Å². The summed E-state index contributed by atoms with van der Waals surface area (Å²) in [6.45, 7) is 2.48. The molecule has 0 amide bonds. The molecule has 0 atom stereocenters. The van der Waals surface area contributed by atoms with Gasteiger partial charge in [0.05, 0.1) is 0 Å². The van der Waals surface area contributed by atoms with E-state index >= 15 is 0 Å². The summed E-state index contributed by atoms with van der Waals surface area (Å²) in [7, 11) is 0. The quantitative estimate of drug-likeness (QED) is 0.709. The van der Waals surface area contributed by atoms with E-state index < -0.39 is 0 Å². The highest BCUT2D eigenvalue weighted by atomic mass is 16.5. The van der Waals surface area contributed by atoms with Crippen LogP contribution in [-0.2, 0) is 9.53 Å². The van der Waals surface area contributed by atoms with Gasteiger partial charge in [0, 0.05) is 6.42 Å². The van der Waals surface area contributed by atoms with Gasteiger partial charge >= 0.3 is 5.97 Å². The number of aryl methyl sites for hydroxylation is 1. The Bertz CT molecular complexity index is 696. The van der Waals surface area contributed by atoms with Crippen LogP contribution in [0, 0.1) is 12.8 Å². The fourth-order valence-corrected chi connectivity index (χ4v) is 2.74. The summed E-state index contributed by atoms with van der Waals surface area (Å²) in [5.74, 6) is 0.701. The van der Waals surface area contributed by atoms with Gasteiger partial charge in [0.1, 0.15) is 6.61 Å². The van der Waals surface area contributed by atoms with Crippen molar-refractivity contribution < 1.29 is 9.53 Å². The first-order chi connectivity index (χ1) is 10.7. The molecule has 0 radical (unpaired) electrons. The molecule has 0 aromatic heterocycles. The molecule has 1 saturated carbocycles. The Kier molecular flexibility index (Phi) is 4.57. The van der Waals surface area contributed by atoms with Gasteiger partial charge in [-0.15, -0.1) is 0 Å². The summed E-state index contributed by atoms with van der Waals surface area (Å²) in [4.78, 5) is 11.6. The fourth-order valence-electron chi connectivity index (χ4n) is 2.74. The molecule has 2 aromatic rings. The molecule has 0 saturated heterocycles. The third kappa shape index (κ3) is 3.76. The minimum Gasteiger partial charge on any atom is -0.461 e. The topological polar surface area (TPSA) is 26.3 Å². The van der Waals surface area contributed by atoms with Gasteiger partial charge < -0.3 is 4.74 Å². The van der Waals surface area contributed by atoms with Crippen molar-refractivity contribution in [3.8, 4) is 0 Å². The maximum Gasteiger partial charge on any atom is 0.306 e. The highest BCUT2D eigenvalue weighted by Gasteiger charge is 2.21. The molecule has 0 bridgehead atoms. The van der Waals surface area contributed by atoms with Crippen molar-refractivity contribution in [2.75, 3.05) is 6.61 Å². The summed E-state index contributed by atoms with van der Waals surface area (Å²) in [6.07, 6.45) is 8.08. The fraction of sp³-hybridized carbons (Fsp3) is 0.350. The first-order valence-corrected chi connectivity index (χ1v) is 8.04. The van der Waals surface area contributed by atoms with E-state index in [0.29, 0.717) is 13.0 Å². The van der Waals surface area contributed by atoms with Crippen molar-refractivity contribution in [2.45, 2.75) is 32.6 Å². The third-order valence-electron chi connectivity index (χ3n) is 4.27. The van der Waals surface area contributed by atoms with Crippen molar-refractivity contribution in [3.05, 3.63) is 53.6 Å². The maximum atomic E-state index is 11.6. The Hall–Kier alpha value is -2.09. The Labute approximate surface area is 131 Å². The number of benzene rings is 2. The molecule has 0 unspecified atom stereocenters. The van der Waals surface area contributed by atoms with Gasteiger partial charge in [-0.1, -0.05) is 55.3 Å². The van der Waals surface area contributed by atoms with E-state index in [-0.39, 0.29) is 5.97 Å². The Morgan fingerprint density at radius 2 is 1.95 bits per heavy atom. The largest absolute Gasteiger partial charge is 0.461 e. The molecule has 3 rings (SSSR count). The first kappa shape index (κ1) is 14.8. The standard InChI is InChI=1S/C20H22O2/c1-15-8-12-17(19-7-3-2-6-18(15)19)5-4-14-22-20(21)13-11-16-9-10-16/h2-8,12,16H,9-11,13-14H2,1H3. The van der Waals surface area contributed by atoms with E-state index in [2.05, 4.69) is 43.3 Å². The predicted molar refractivity (Wildman–Crippen MR) is 90.6 cm³/mol. The van der Waals surface area contributed by atoms with Gasteiger partial charge in [0.2, 0.25) is 0 Å². The first-order valence-electron chi connectivity index (χ1n) is 8.04. The monoisotopic (exact) mass is 294 g/mol. The van der Waals surface area contributed by atoms with E-state index in [9.17, 15) is 4.79 Å². The van der Waals surface area contributed by atoms with Crippen LogP contribution in [0.25, 0.3) is 16.8 Å². The zero-order valence-electron chi connectivity index (χ0n) is 13.0. The lowest BCUT2D eigenvalue weighted by Crippen LogP contribution is -2.04. The van der Waals surface area contributed by atoms with Crippen LogP contribution in [-0.4, -0.2) is 12.6 Å². The number of esters is 1. The highest BCUT2D eigenvalue weighted by molar-refractivity contribution is 5.92. The van der Waals surface area contributed by atoms with Crippen LogP contribution in [0.2, 0.25) is 0 Å². The average Bonchev–Trinajstić information content (AvgIpc) is 3.36. The zero-order valence-corrected chi connectivity index (χ0v) is 13.0. The van der Waals surface area contributed by atoms with E-state index in [0.717, 1.165) is 17.9 Å². The minimum absolute atomic E-state index is 0.0784. The molecule has 1 fully saturated rings. The number of carbonyl (C=O) groups excluding carboxylic acids is 1. The second-order valence-corrected chi connectivity index (χ2v) is 6.08. The number of hydrogen-bond acceptors (Lipinski definition) is 2. The van der Waals surface area contributed by atoms with Crippen molar-refractivity contribution >= 4 is 22.8 Å². The lowest BCUT2D eigenvalue weighted by Gasteiger charge is -2.05. The molecule has 2 nitrogen and oxygen atoms in total. The second kappa shape index (κ2) is 6.78. The molecule has 0 spiro atoms. The van der Waals surface area contributed by atoms with Crippen LogP contribution >= 0.6 is 0 Å². The molecule has 114 valence electrons. The van der Waals surface area contributed by atoms with E-state index in [1.54, 1.807) is 0 Å². The number of carbonyl (C=O) groups is 1. The van der Waals surface area contributed by atoms with Crippen molar-refractivity contribution in [1.82, 2.24) is 0 Å². The molecule has 22 heavy (non-hydrogen) atoms. The molecule has 0 heterocycles. The molecule has 1 aliphatic carbocycles. The lowest BCUT2D eigenvalue weighted by molar-refractivity contribution is -0.142. The van der Waals surface area contributed by atoms with Gasteiger partial charge in [-0.3, -0.25) is 4.79 Å². The van der Waals surface area contributed by atoms with E-state index in [1.807, 2.05) is 12.2 Å². The second-order valence-electron chi connectivity index (χ2n) is 6.08. The SMILES string of the molecule is Cc1ccc(C=CCOC(=O)CCC2CC2)c2ccccc12. The summed E-state index contributed by atoms with van der Waals surface area (Å²) < 4.78 is 5.25. The highest BCUT2D eigenvalue weighted by Crippen LogP contribution is 2.33. The van der Waals surface area contributed by atoms with Crippen LogP contribution in [0.5, 0.6) is 0 Å². The van der Waals surface area contributed by atoms with Crippen LogP contribution in [0.1, 0.15) is 36.8 Å². The summed E-state index contributed by atoms with van der Waals surface area (Å²) in [5, 5.41) is 2.50. The number of fused-ring (bicyclic) bond motifs is 1. The van der Waals surface area contributed by atoms with Gasteiger partial charge in [0.15, 0.2) is 0 Å². The Balaban J connectivity index is 1.58. The number of hydrogen-bond donors (Lipinski definition) is 0. The molecule has 0 aliphatic heterocycles. The van der Waals surface area contributed by atoms with Crippen molar-refractivity contribution in [2.24, 2.45) is 5.92 Å². The van der Waals surface area contributed by atoms with Crippen molar-refractivity contribution in [3.63, 3.8) is 0 Å². The number of ether oxygens (including phenoxy) is 1. The zero-order chi connectivity index (χ0) is 15.4. The molecular formula is C20H22O2. The van der Waals surface area contributed by atoms with E-state index in [4.69, 9.17) is 4.74 Å². The Morgan fingerprint density at radius 3 is 2.73 bits per heavy atom. The smallest absolute Gasteiger partial charge is 0.306 e. The normalized spacial score (nSPS) is 14.6. The van der Waals surface area contributed by atoms with Gasteiger partial charge in [-0.25, -0.2) is 0 Å². The van der Waals surface area contributed by atoms with Crippen LogP contribution < -0.4 is 0 Å². The van der Waals surface area contributed by atoms with Gasteiger partial charge in [-0.2, -0.15) is 0 Å². The molecular weight excluding hydrogens is 272 g/mol. The summed E-state index contributed by atoms with van der Waals surface area (Å²) in [5.41, 5.74) is 2.44. The lowest BCUT2D eigenvalue weighted by atomic mass is 10.0. The Morgan fingerprint density at radius 1 is 1.18 bits per heavy atom. The number of rotatable bonds is 6. The molecule has 1 aliphatic rings. The van der Waals surface area contributed by atoms with Gasteiger partial charge in [-0.05, 0) is 47.2 Å². The van der Waals surface area contributed by atoms with E-state index in [1.165, 1.54) is 29.2 Å². The molecule has 0 N–H and O–H groups in total. The van der Waals surface area contributed by atoms with Gasteiger partial charge in [0.25, 0.3) is 0 Å². The van der Waals surface area contributed by atoms with Crippen molar-refractivity contribution in [1.29, 1.82) is 0 Å². The molecule has 2 aromatic carbocycles. The summed E-state index contributed by atoms with van der Waals surface area (Å²) in [6, 6.07) is 12.6. The average molecular weight is 294 g/mol. The third-order valence-corrected chi connectivity index (χ3v) is 4.27. The van der Waals surface area contributed by atoms with Crippen LogP contribution in [0.3, 0.4) is 0 Å². The maximum absolute atomic E-state index is 11.6.